The second kappa shape index (κ2) is 4.47. The minimum atomic E-state index is -0.0476. The van der Waals surface area contributed by atoms with E-state index in [-0.39, 0.29) is 11.8 Å². The summed E-state index contributed by atoms with van der Waals surface area (Å²) in [6.45, 7) is 4.69. The number of Topliss-reactive ketones (excluding diaryl/α,β-unsaturated/α-hetero) is 1. The molecule has 0 heterocycles. The van der Waals surface area contributed by atoms with Crippen LogP contribution in [0.5, 0.6) is 0 Å². The zero-order valence-corrected chi connectivity index (χ0v) is 5.98. The number of hydrogen-bond acceptors (Lipinski definition) is 3. The molecular weight excluding hydrogens is 116 g/mol. The average Bonchev–Trinajstić information content (AvgIpc) is 1.82. The number of hydrogen-bond donors (Lipinski definition) is 2. The first-order valence-electron chi connectivity index (χ1n) is 3.12. The van der Waals surface area contributed by atoms with E-state index in [2.05, 4.69) is 5.32 Å². The summed E-state index contributed by atoms with van der Waals surface area (Å²) in [7, 11) is 0. The standard InChI is InChI=1S/C6H14N2O/c1-5(6(2)9)8-4-3-7/h5,8H,3-4,7H2,1-2H3/t5-/m1/s1. The molecule has 0 aromatic rings. The highest BCUT2D eigenvalue weighted by molar-refractivity contribution is 5.80. The molecule has 0 amide bonds. The highest BCUT2D eigenvalue weighted by atomic mass is 16.1. The van der Waals surface area contributed by atoms with Crippen molar-refractivity contribution >= 4 is 5.78 Å². The van der Waals surface area contributed by atoms with E-state index in [0.717, 1.165) is 0 Å². The lowest BCUT2D eigenvalue weighted by Crippen LogP contribution is -2.35. The summed E-state index contributed by atoms with van der Waals surface area (Å²) < 4.78 is 0. The molecule has 54 valence electrons. The van der Waals surface area contributed by atoms with Gasteiger partial charge in [-0.3, -0.25) is 4.79 Å². The van der Waals surface area contributed by atoms with Crippen LogP contribution < -0.4 is 11.1 Å². The Kier molecular flexibility index (Phi) is 4.26. The molecule has 3 N–H and O–H groups in total. The summed E-state index contributed by atoms with van der Waals surface area (Å²) in [6.07, 6.45) is 0. The van der Waals surface area contributed by atoms with E-state index >= 15 is 0 Å². The van der Waals surface area contributed by atoms with Gasteiger partial charge in [-0.25, -0.2) is 0 Å². The van der Waals surface area contributed by atoms with Crippen molar-refractivity contribution in [2.45, 2.75) is 19.9 Å². The lowest BCUT2D eigenvalue weighted by atomic mass is 10.2. The minimum Gasteiger partial charge on any atom is -0.329 e. The van der Waals surface area contributed by atoms with Crippen LogP contribution in [0.15, 0.2) is 0 Å². The van der Waals surface area contributed by atoms with Gasteiger partial charge in [0.25, 0.3) is 0 Å². The Balaban J connectivity index is 3.27. The lowest BCUT2D eigenvalue weighted by molar-refractivity contribution is -0.118. The second-order valence-corrected chi connectivity index (χ2v) is 2.08. The Labute approximate surface area is 55.6 Å². The molecule has 0 unspecified atom stereocenters. The molecule has 0 aliphatic heterocycles. The number of carbonyl (C=O) groups is 1. The molecule has 3 heteroatoms. The Morgan fingerprint density at radius 2 is 2.33 bits per heavy atom. The summed E-state index contributed by atoms with van der Waals surface area (Å²) in [4.78, 5) is 10.5. The van der Waals surface area contributed by atoms with Gasteiger partial charge in [0.1, 0.15) is 5.78 Å². The van der Waals surface area contributed by atoms with Crippen LogP contribution in [0.25, 0.3) is 0 Å². The molecule has 1 atom stereocenters. The first kappa shape index (κ1) is 8.59. The van der Waals surface area contributed by atoms with Gasteiger partial charge in [-0.2, -0.15) is 0 Å². The molecule has 0 fully saturated rings. The third kappa shape index (κ3) is 4.12. The summed E-state index contributed by atoms with van der Waals surface area (Å²) in [6, 6.07) is -0.0476. The minimum absolute atomic E-state index is 0.0476. The molecule has 9 heavy (non-hydrogen) atoms. The number of rotatable bonds is 4. The van der Waals surface area contributed by atoms with Gasteiger partial charge in [-0.15, -0.1) is 0 Å². The first-order valence-corrected chi connectivity index (χ1v) is 3.12. The van der Waals surface area contributed by atoms with E-state index < -0.39 is 0 Å². The molecule has 0 spiro atoms. The molecule has 0 aliphatic rings. The number of nitrogens with two attached hydrogens (primary N) is 1. The van der Waals surface area contributed by atoms with Crippen molar-refractivity contribution in [3.05, 3.63) is 0 Å². The zero-order chi connectivity index (χ0) is 7.28. The van der Waals surface area contributed by atoms with Crippen molar-refractivity contribution in [3.63, 3.8) is 0 Å². The van der Waals surface area contributed by atoms with E-state index in [1.54, 1.807) is 6.92 Å². The maximum Gasteiger partial charge on any atom is 0.146 e. The smallest absolute Gasteiger partial charge is 0.146 e. The van der Waals surface area contributed by atoms with Crippen LogP contribution in [-0.4, -0.2) is 24.9 Å². The second-order valence-electron chi connectivity index (χ2n) is 2.08. The molecule has 0 aliphatic carbocycles. The van der Waals surface area contributed by atoms with Gasteiger partial charge in [0.05, 0.1) is 6.04 Å². The molecule has 3 nitrogen and oxygen atoms in total. The van der Waals surface area contributed by atoms with Gasteiger partial charge in [-0.05, 0) is 13.8 Å². The van der Waals surface area contributed by atoms with Crippen molar-refractivity contribution < 1.29 is 4.79 Å². The quantitative estimate of drug-likeness (QED) is 0.540. The number of nitrogens with one attached hydrogen (secondary N) is 1. The summed E-state index contributed by atoms with van der Waals surface area (Å²) in [5.41, 5.74) is 5.20. The average molecular weight is 130 g/mol. The molecular formula is C6H14N2O. The van der Waals surface area contributed by atoms with Crippen LogP contribution in [0, 0.1) is 0 Å². The SMILES string of the molecule is CC(=O)[C@@H](C)NCCN. The highest BCUT2D eigenvalue weighted by Gasteiger charge is 2.03. The summed E-state index contributed by atoms with van der Waals surface area (Å²) >= 11 is 0. The zero-order valence-electron chi connectivity index (χ0n) is 5.98. The fourth-order valence-corrected chi connectivity index (χ4v) is 0.444. The first-order chi connectivity index (χ1) is 4.18. The summed E-state index contributed by atoms with van der Waals surface area (Å²) in [5, 5.41) is 2.96. The van der Waals surface area contributed by atoms with Crippen LogP contribution in [0.1, 0.15) is 13.8 Å². The van der Waals surface area contributed by atoms with Gasteiger partial charge in [0, 0.05) is 13.1 Å². The van der Waals surface area contributed by atoms with E-state index in [0.29, 0.717) is 13.1 Å². The van der Waals surface area contributed by atoms with E-state index in [1.807, 2.05) is 6.92 Å². The Bertz CT molecular complexity index is 93.1. The van der Waals surface area contributed by atoms with Crippen LogP contribution in [0.2, 0.25) is 0 Å². The van der Waals surface area contributed by atoms with Crippen molar-refractivity contribution in [2.75, 3.05) is 13.1 Å². The van der Waals surface area contributed by atoms with Crippen molar-refractivity contribution in [3.8, 4) is 0 Å². The topological polar surface area (TPSA) is 55.1 Å². The van der Waals surface area contributed by atoms with E-state index in [4.69, 9.17) is 5.73 Å². The molecule has 0 radical (unpaired) electrons. The van der Waals surface area contributed by atoms with Crippen molar-refractivity contribution in [1.29, 1.82) is 0 Å². The van der Waals surface area contributed by atoms with Gasteiger partial charge >= 0.3 is 0 Å². The predicted molar refractivity (Wildman–Crippen MR) is 37.2 cm³/mol. The monoisotopic (exact) mass is 130 g/mol. The Morgan fingerprint density at radius 3 is 2.67 bits per heavy atom. The Hall–Kier alpha value is -0.410. The molecule has 0 rings (SSSR count). The van der Waals surface area contributed by atoms with Gasteiger partial charge in [0.2, 0.25) is 0 Å². The van der Waals surface area contributed by atoms with Crippen LogP contribution in [0.4, 0.5) is 0 Å². The largest absolute Gasteiger partial charge is 0.329 e. The lowest BCUT2D eigenvalue weighted by Gasteiger charge is -2.07. The maximum absolute atomic E-state index is 10.5. The highest BCUT2D eigenvalue weighted by Crippen LogP contribution is 1.80. The summed E-state index contributed by atoms with van der Waals surface area (Å²) in [5.74, 6) is 0.156. The molecule has 0 bridgehead atoms. The molecule has 0 saturated carbocycles. The fourth-order valence-electron chi connectivity index (χ4n) is 0.444. The van der Waals surface area contributed by atoms with Gasteiger partial charge in [-0.1, -0.05) is 0 Å². The third-order valence-electron chi connectivity index (χ3n) is 1.20. The van der Waals surface area contributed by atoms with Crippen molar-refractivity contribution in [2.24, 2.45) is 5.73 Å². The van der Waals surface area contributed by atoms with Gasteiger partial charge in [0.15, 0.2) is 0 Å². The van der Waals surface area contributed by atoms with Gasteiger partial charge < -0.3 is 11.1 Å². The normalized spacial score (nSPS) is 13.2. The molecule has 0 saturated heterocycles. The number of ketones is 1. The third-order valence-corrected chi connectivity index (χ3v) is 1.20. The predicted octanol–water partition coefficient (Wildman–Crippen LogP) is -0.488. The van der Waals surface area contributed by atoms with Crippen LogP contribution >= 0.6 is 0 Å². The van der Waals surface area contributed by atoms with Crippen LogP contribution in [-0.2, 0) is 4.79 Å². The molecule has 0 aromatic heterocycles. The van der Waals surface area contributed by atoms with Crippen molar-refractivity contribution in [1.82, 2.24) is 5.32 Å². The van der Waals surface area contributed by atoms with E-state index in [9.17, 15) is 4.79 Å². The maximum atomic E-state index is 10.5. The number of carbonyl (C=O) groups excluding carboxylic acids is 1. The van der Waals surface area contributed by atoms with E-state index in [1.165, 1.54) is 0 Å². The fraction of sp³-hybridized carbons (Fsp3) is 0.833. The van der Waals surface area contributed by atoms with Crippen LogP contribution in [0.3, 0.4) is 0 Å². The Morgan fingerprint density at radius 1 is 1.78 bits per heavy atom. The molecule has 0 aromatic carbocycles.